The van der Waals surface area contributed by atoms with E-state index in [0.717, 1.165) is 11.1 Å². The molecule has 1 saturated heterocycles. The van der Waals surface area contributed by atoms with E-state index >= 15 is 0 Å². The summed E-state index contributed by atoms with van der Waals surface area (Å²) in [6.45, 7) is 0.481. The van der Waals surface area contributed by atoms with Gasteiger partial charge in [-0.3, -0.25) is 0 Å². The molecule has 2 atom stereocenters. The minimum absolute atomic E-state index is 0.203. The maximum absolute atomic E-state index is 13.3. The molecule has 1 aromatic heterocycles. The van der Waals surface area contributed by atoms with E-state index in [1.165, 1.54) is 18.5 Å². The minimum Gasteiger partial charge on any atom is -0.354 e. The smallest absolute Gasteiger partial charge is 0.144 e. The Labute approximate surface area is 137 Å². The Bertz CT molecular complexity index is 822. The van der Waals surface area contributed by atoms with Crippen LogP contribution in [0.15, 0.2) is 61.2 Å². The van der Waals surface area contributed by atoms with Crippen LogP contribution in [-0.4, -0.2) is 14.8 Å². The molecule has 0 bridgehead atoms. The van der Waals surface area contributed by atoms with Gasteiger partial charge in [-0.15, -0.1) is 0 Å². The normalized spacial score (nSPS) is 23.0. The van der Waals surface area contributed by atoms with Crippen molar-refractivity contribution in [2.45, 2.75) is 18.2 Å². The van der Waals surface area contributed by atoms with Gasteiger partial charge in [0.25, 0.3) is 0 Å². The molecule has 4 rings (SSSR count). The lowest BCUT2D eigenvalue weighted by molar-refractivity contribution is 0.262. The van der Waals surface area contributed by atoms with E-state index in [1.807, 2.05) is 24.3 Å². The lowest BCUT2D eigenvalue weighted by Gasteiger charge is -2.14. The average Bonchev–Trinajstić information content (AvgIpc) is 3.02. The van der Waals surface area contributed by atoms with Crippen molar-refractivity contribution in [2.24, 2.45) is 0 Å². The van der Waals surface area contributed by atoms with Gasteiger partial charge in [-0.1, -0.05) is 41.9 Å². The highest BCUT2D eigenvalue weighted by molar-refractivity contribution is 6.31. The van der Waals surface area contributed by atoms with Crippen molar-refractivity contribution in [3.63, 3.8) is 0 Å². The molecular weight excluding hydrogens is 317 g/mol. The second-order valence-electron chi connectivity index (χ2n) is 5.51. The van der Waals surface area contributed by atoms with Gasteiger partial charge in [-0.2, -0.15) is 5.10 Å². The fourth-order valence-corrected chi connectivity index (χ4v) is 3.13. The van der Waals surface area contributed by atoms with Gasteiger partial charge in [0.2, 0.25) is 0 Å². The van der Waals surface area contributed by atoms with Crippen molar-refractivity contribution in [1.29, 1.82) is 0 Å². The first kappa shape index (κ1) is 14.4. The molecule has 0 unspecified atom stereocenters. The maximum atomic E-state index is 13.3. The number of hydrogen-bond donors (Lipinski definition) is 0. The highest BCUT2D eigenvalue weighted by atomic mass is 35.5. The number of benzene rings is 2. The monoisotopic (exact) mass is 329 g/mol. The molecule has 1 aliphatic heterocycles. The Morgan fingerprint density at radius 2 is 1.96 bits per heavy atom. The predicted octanol–water partition coefficient (Wildman–Crippen LogP) is 3.74. The van der Waals surface area contributed by atoms with E-state index in [9.17, 15) is 4.39 Å². The Morgan fingerprint density at radius 3 is 2.65 bits per heavy atom. The van der Waals surface area contributed by atoms with Crippen molar-refractivity contribution in [3.8, 4) is 0 Å². The zero-order chi connectivity index (χ0) is 15.9. The Hall–Kier alpha value is -2.24. The third kappa shape index (κ3) is 2.52. The number of epoxide rings is 1. The van der Waals surface area contributed by atoms with Crippen LogP contribution in [-0.2, 0) is 16.9 Å². The van der Waals surface area contributed by atoms with Gasteiger partial charge >= 0.3 is 0 Å². The molecule has 0 saturated carbocycles. The largest absolute Gasteiger partial charge is 0.354 e. The molecule has 0 spiro atoms. The SMILES string of the molecule is Fc1ccc([C@@]2(Cn3cncn3)O[C@H]2c2ccccc2Cl)cc1. The average molecular weight is 330 g/mol. The number of hydrogen-bond acceptors (Lipinski definition) is 3. The van der Waals surface area contributed by atoms with Crippen LogP contribution in [0.5, 0.6) is 0 Å². The molecular formula is C17H13ClFN3O. The van der Waals surface area contributed by atoms with E-state index in [4.69, 9.17) is 16.3 Å². The molecule has 1 aliphatic rings. The lowest BCUT2D eigenvalue weighted by Crippen LogP contribution is -2.19. The van der Waals surface area contributed by atoms with Crippen molar-refractivity contribution in [2.75, 3.05) is 0 Å². The van der Waals surface area contributed by atoms with E-state index in [1.54, 1.807) is 23.1 Å². The topological polar surface area (TPSA) is 43.2 Å². The van der Waals surface area contributed by atoms with Crippen LogP contribution in [0.3, 0.4) is 0 Å². The van der Waals surface area contributed by atoms with Gasteiger partial charge in [0.05, 0.1) is 6.54 Å². The molecule has 0 radical (unpaired) electrons. The molecule has 0 N–H and O–H groups in total. The molecule has 116 valence electrons. The number of ether oxygens (including phenoxy) is 1. The molecule has 4 nitrogen and oxygen atoms in total. The van der Waals surface area contributed by atoms with Gasteiger partial charge < -0.3 is 4.74 Å². The second-order valence-corrected chi connectivity index (χ2v) is 5.92. The van der Waals surface area contributed by atoms with Crippen LogP contribution >= 0.6 is 11.6 Å². The van der Waals surface area contributed by atoms with Crippen LogP contribution in [0.4, 0.5) is 4.39 Å². The summed E-state index contributed by atoms with van der Waals surface area (Å²) in [5.74, 6) is -0.278. The molecule has 1 fully saturated rings. The van der Waals surface area contributed by atoms with Crippen LogP contribution in [0.1, 0.15) is 17.2 Å². The van der Waals surface area contributed by atoms with Crippen LogP contribution < -0.4 is 0 Å². The summed E-state index contributed by atoms with van der Waals surface area (Å²) in [7, 11) is 0. The fraction of sp³-hybridized carbons (Fsp3) is 0.176. The molecule has 23 heavy (non-hydrogen) atoms. The maximum Gasteiger partial charge on any atom is 0.144 e. The van der Waals surface area contributed by atoms with Crippen molar-refractivity contribution >= 4 is 11.6 Å². The Kier molecular flexibility index (Phi) is 3.39. The minimum atomic E-state index is -0.619. The van der Waals surface area contributed by atoms with Crippen molar-refractivity contribution < 1.29 is 9.13 Å². The second kappa shape index (κ2) is 5.44. The number of nitrogens with zero attached hydrogens (tertiary/aromatic N) is 3. The third-order valence-electron chi connectivity index (χ3n) is 4.08. The summed E-state index contributed by atoms with van der Waals surface area (Å²) in [5.41, 5.74) is 1.18. The Morgan fingerprint density at radius 1 is 1.17 bits per heavy atom. The van der Waals surface area contributed by atoms with Gasteiger partial charge in [0, 0.05) is 10.6 Å². The molecule has 0 aliphatic carbocycles. The summed E-state index contributed by atoms with van der Waals surface area (Å²) in [6.07, 6.45) is 2.91. The molecule has 2 heterocycles. The van der Waals surface area contributed by atoms with E-state index in [2.05, 4.69) is 10.1 Å². The number of rotatable bonds is 4. The van der Waals surface area contributed by atoms with E-state index in [-0.39, 0.29) is 11.9 Å². The zero-order valence-electron chi connectivity index (χ0n) is 12.1. The number of halogens is 2. The highest BCUT2D eigenvalue weighted by Gasteiger charge is 2.59. The first-order valence-electron chi connectivity index (χ1n) is 7.20. The quantitative estimate of drug-likeness (QED) is 0.685. The summed E-state index contributed by atoms with van der Waals surface area (Å²) >= 11 is 6.31. The van der Waals surface area contributed by atoms with Crippen molar-refractivity contribution in [3.05, 3.63) is 83.2 Å². The predicted molar refractivity (Wildman–Crippen MR) is 83.4 cm³/mol. The summed E-state index contributed by atoms with van der Waals surface area (Å²) in [6, 6.07) is 13.9. The Balaban J connectivity index is 1.74. The zero-order valence-corrected chi connectivity index (χ0v) is 12.8. The molecule has 2 aromatic carbocycles. The van der Waals surface area contributed by atoms with Crippen LogP contribution in [0.25, 0.3) is 0 Å². The molecule has 0 amide bonds. The van der Waals surface area contributed by atoms with Gasteiger partial charge in [-0.25, -0.2) is 14.1 Å². The molecule has 6 heteroatoms. The molecule has 3 aromatic rings. The van der Waals surface area contributed by atoms with Crippen molar-refractivity contribution in [1.82, 2.24) is 14.8 Å². The van der Waals surface area contributed by atoms with Crippen LogP contribution in [0.2, 0.25) is 5.02 Å². The standard InChI is InChI=1S/C17H13ClFN3O/c18-15-4-2-1-3-14(15)16-17(23-16,9-22-11-20-10-21-22)12-5-7-13(19)8-6-12/h1-8,10-11,16H,9H2/t16-,17+/m0/s1. The van der Waals surface area contributed by atoms with Gasteiger partial charge in [0.15, 0.2) is 0 Å². The van der Waals surface area contributed by atoms with Crippen LogP contribution in [0, 0.1) is 5.82 Å². The first-order valence-corrected chi connectivity index (χ1v) is 7.57. The summed E-state index contributed by atoms with van der Waals surface area (Å²) in [4.78, 5) is 3.97. The van der Waals surface area contributed by atoms with E-state index < -0.39 is 5.60 Å². The fourth-order valence-electron chi connectivity index (χ4n) is 2.90. The summed E-state index contributed by atoms with van der Waals surface area (Å²) in [5, 5.41) is 4.81. The third-order valence-corrected chi connectivity index (χ3v) is 4.42. The lowest BCUT2D eigenvalue weighted by atomic mass is 9.91. The van der Waals surface area contributed by atoms with Gasteiger partial charge in [0.1, 0.15) is 30.2 Å². The summed E-state index contributed by atoms with van der Waals surface area (Å²) < 4.78 is 21.1. The first-order chi connectivity index (χ1) is 11.2. The van der Waals surface area contributed by atoms with E-state index in [0.29, 0.717) is 11.6 Å². The van der Waals surface area contributed by atoms with Gasteiger partial charge in [-0.05, 0) is 23.8 Å². The highest BCUT2D eigenvalue weighted by Crippen LogP contribution is 2.59. The number of aromatic nitrogens is 3.